The molecule has 2 aromatic heterocycles. The molecule has 160 valence electrons. The first-order valence-corrected chi connectivity index (χ1v) is 10.1. The molecule has 1 amide bonds. The molecule has 10 heteroatoms. The summed E-state index contributed by atoms with van der Waals surface area (Å²) in [6.45, 7) is 4.51. The lowest BCUT2D eigenvalue weighted by molar-refractivity contribution is -0.384. The van der Waals surface area contributed by atoms with E-state index < -0.39 is 4.92 Å². The number of nitrogens with zero attached hydrogens (tertiary/aromatic N) is 6. The summed E-state index contributed by atoms with van der Waals surface area (Å²) < 4.78 is 5.14. The fourth-order valence-electron chi connectivity index (χ4n) is 3.43. The number of non-ortho nitro benzene ring substituents is 1. The van der Waals surface area contributed by atoms with Crippen LogP contribution in [0.5, 0.6) is 0 Å². The highest BCUT2D eigenvalue weighted by atomic mass is 16.6. The van der Waals surface area contributed by atoms with Crippen LogP contribution in [0.1, 0.15) is 18.4 Å². The third-order valence-electron chi connectivity index (χ3n) is 5.24. The highest BCUT2D eigenvalue weighted by Crippen LogP contribution is 2.20. The number of aromatic nitrogens is 3. The molecule has 0 N–H and O–H groups in total. The first-order chi connectivity index (χ1) is 15.0. The third kappa shape index (κ3) is 4.68. The molecule has 0 saturated carbocycles. The fraction of sp³-hybridized carbons (Fsp3) is 0.333. The lowest BCUT2D eigenvalue weighted by Crippen LogP contribution is -2.49. The van der Waals surface area contributed by atoms with Gasteiger partial charge in [-0.15, -0.1) is 0 Å². The predicted octanol–water partition coefficient (Wildman–Crippen LogP) is 2.49. The Morgan fingerprint density at radius 3 is 2.45 bits per heavy atom. The standard InChI is InChI=1S/C21H22N6O4/c1-2-19-23-21(24-31-19)16-5-8-18(22-14-16)25-9-11-26(12-10-25)20(28)13-15-3-6-17(7-4-15)27(29)30/h3-8,14H,2,9-13H2,1H3. The van der Waals surface area contributed by atoms with Gasteiger partial charge >= 0.3 is 0 Å². The van der Waals surface area contributed by atoms with Crippen molar-refractivity contribution >= 4 is 17.4 Å². The normalized spacial score (nSPS) is 14.0. The average molecular weight is 422 g/mol. The predicted molar refractivity (Wildman–Crippen MR) is 113 cm³/mol. The Hall–Kier alpha value is -3.82. The van der Waals surface area contributed by atoms with Crippen LogP contribution in [0.15, 0.2) is 47.1 Å². The number of nitro benzene ring substituents is 1. The van der Waals surface area contributed by atoms with Gasteiger partial charge < -0.3 is 14.3 Å². The first kappa shape index (κ1) is 20.5. The van der Waals surface area contributed by atoms with Crippen LogP contribution < -0.4 is 4.90 Å². The van der Waals surface area contributed by atoms with E-state index in [4.69, 9.17) is 4.52 Å². The van der Waals surface area contributed by atoms with Crippen LogP contribution in [-0.4, -0.2) is 57.0 Å². The van der Waals surface area contributed by atoms with E-state index in [-0.39, 0.29) is 18.0 Å². The molecule has 0 aliphatic carbocycles. The molecule has 3 heterocycles. The number of piperazine rings is 1. The Morgan fingerprint density at radius 2 is 1.87 bits per heavy atom. The van der Waals surface area contributed by atoms with Crippen molar-refractivity contribution in [3.63, 3.8) is 0 Å². The number of amides is 1. The second kappa shape index (κ2) is 8.90. The summed E-state index contributed by atoms with van der Waals surface area (Å²) in [6, 6.07) is 9.95. The molecular formula is C21H22N6O4. The van der Waals surface area contributed by atoms with Crippen LogP contribution in [-0.2, 0) is 17.6 Å². The van der Waals surface area contributed by atoms with Crippen molar-refractivity contribution in [1.82, 2.24) is 20.0 Å². The van der Waals surface area contributed by atoms with Gasteiger partial charge in [0.2, 0.25) is 17.6 Å². The summed E-state index contributed by atoms with van der Waals surface area (Å²) in [4.78, 5) is 35.7. The summed E-state index contributed by atoms with van der Waals surface area (Å²) in [7, 11) is 0. The van der Waals surface area contributed by atoms with E-state index >= 15 is 0 Å². The topological polar surface area (TPSA) is 118 Å². The van der Waals surface area contributed by atoms with Gasteiger partial charge in [-0.25, -0.2) is 4.98 Å². The van der Waals surface area contributed by atoms with Crippen molar-refractivity contribution in [3.05, 3.63) is 64.2 Å². The van der Waals surface area contributed by atoms with E-state index in [9.17, 15) is 14.9 Å². The second-order valence-corrected chi connectivity index (χ2v) is 7.24. The molecule has 3 aromatic rings. The van der Waals surface area contributed by atoms with Gasteiger partial charge in [0.25, 0.3) is 5.69 Å². The van der Waals surface area contributed by atoms with Crippen LogP contribution in [0.3, 0.4) is 0 Å². The summed E-state index contributed by atoms with van der Waals surface area (Å²) in [5.74, 6) is 1.97. The quantitative estimate of drug-likeness (QED) is 0.439. The molecule has 4 rings (SSSR count). The number of carbonyl (C=O) groups is 1. The van der Waals surface area contributed by atoms with Gasteiger partial charge in [-0.2, -0.15) is 4.98 Å². The van der Waals surface area contributed by atoms with Gasteiger partial charge in [0, 0.05) is 56.5 Å². The number of anilines is 1. The molecule has 0 spiro atoms. The van der Waals surface area contributed by atoms with Crippen LogP contribution in [0.4, 0.5) is 11.5 Å². The van der Waals surface area contributed by atoms with Crippen molar-refractivity contribution in [2.24, 2.45) is 0 Å². The lowest BCUT2D eigenvalue weighted by atomic mass is 10.1. The lowest BCUT2D eigenvalue weighted by Gasteiger charge is -2.35. The van der Waals surface area contributed by atoms with Crippen LogP contribution in [0, 0.1) is 10.1 Å². The Bertz CT molecular complexity index is 1060. The SMILES string of the molecule is CCc1nc(-c2ccc(N3CCN(C(=O)Cc4ccc([N+](=O)[O-])cc4)CC3)nc2)no1. The summed E-state index contributed by atoms with van der Waals surface area (Å²) >= 11 is 0. The third-order valence-corrected chi connectivity index (χ3v) is 5.24. The monoisotopic (exact) mass is 422 g/mol. The van der Waals surface area contributed by atoms with Crippen LogP contribution in [0.2, 0.25) is 0 Å². The Labute approximate surface area is 178 Å². The van der Waals surface area contributed by atoms with Crippen LogP contribution in [0.25, 0.3) is 11.4 Å². The van der Waals surface area contributed by atoms with E-state index in [1.54, 1.807) is 18.3 Å². The van der Waals surface area contributed by atoms with E-state index in [0.717, 1.165) is 16.9 Å². The number of pyridine rings is 1. The van der Waals surface area contributed by atoms with Gasteiger partial charge in [0.05, 0.1) is 11.3 Å². The minimum Gasteiger partial charge on any atom is -0.353 e. The summed E-state index contributed by atoms with van der Waals surface area (Å²) in [5.41, 5.74) is 1.58. The van der Waals surface area contributed by atoms with Gasteiger partial charge in [-0.1, -0.05) is 24.2 Å². The molecule has 0 bridgehead atoms. The zero-order chi connectivity index (χ0) is 21.8. The molecule has 10 nitrogen and oxygen atoms in total. The Kier molecular flexibility index (Phi) is 5.87. The second-order valence-electron chi connectivity index (χ2n) is 7.24. The maximum Gasteiger partial charge on any atom is 0.269 e. The Balaban J connectivity index is 1.31. The minimum atomic E-state index is -0.448. The summed E-state index contributed by atoms with van der Waals surface area (Å²) in [6.07, 6.45) is 2.65. The van der Waals surface area contributed by atoms with Crippen molar-refractivity contribution in [2.45, 2.75) is 19.8 Å². The average Bonchev–Trinajstić information content (AvgIpc) is 3.29. The number of nitro groups is 1. The number of carbonyl (C=O) groups excluding carboxylic acids is 1. The van der Waals surface area contributed by atoms with Crippen molar-refractivity contribution in [3.8, 4) is 11.4 Å². The van der Waals surface area contributed by atoms with E-state index in [1.807, 2.05) is 24.0 Å². The molecule has 1 aromatic carbocycles. The van der Waals surface area contributed by atoms with Gasteiger partial charge in [0.15, 0.2) is 0 Å². The molecule has 1 fully saturated rings. The Morgan fingerprint density at radius 1 is 1.13 bits per heavy atom. The molecule has 0 radical (unpaired) electrons. The molecular weight excluding hydrogens is 400 g/mol. The van der Waals surface area contributed by atoms with Crippen molar-refractivity contribution in [2.75, 3.05) is 31.1 Å². The smallest absolute Gasteiger partial charge is 0.269 e. The number of aryl methyl sites for hydroxylation is 1. The maximum absolute atomic E-state index is 12.6. The number of benzene rings is 1. The molecule has 1 aliphatic rings. The molecule has 31 heavy (non-hydrogen) atoms. The number of hydrogen-bond acceptors (Lipinski definition) is 8. The van der Waals surface area contributed by atoms with E-state index in [2.05, 4.69) is 20.0 Å². The first-order valence-electron chi connectivity index (χ1n) is 10.1. The van der Waals surface area contributed by atoms with E-state index in [0.29, 0.717) is 44.3 Å². The zero-order valence-corrected chi connectivity index (χ0v) is 17.1. The molecule has 0 atom stereocenters. The highest BCUT2D eigenvalue weighted by Gasteiger charge is 2.22. The van der Waals surface area contributed by atoms with Crippen LogP contribution >= 0.6 is 0 Å². The highest BCUT2D eigenvalue weighted by molar-refractivity contribution is 5.79. The fourth-order valence-corrected chi connectivity index (χ4v) is 3.43. The van der Waals surface area contributed by atoms with Crippen molar-refractivity contribution in [1.29, 1.82) is 0 Å². The number of rotatable bonds is 6. The zero-order valence-electron chi connectivity index (χ0n) is 17.1. The van der Waals surface area contributed by atoms with Gasteiger partial charge in [0.1, 0.15) is 5.82 Å². The molecule has 1 aliphatic heterocycles. The minimum absolute atomic E-state index is 0.0145. The molecule has 0 unspecified atom stereocenters. The van der Waals surface area contributed by atoms with E-state index in [1.165, 1.54) is 12.1 Å². The van der Waals surface area contributed by atoms with Gasteiger partial charge in [-0.05, 0) is 17.7 Å². The largest absolute Gasteiger partial charge is 0.353 e. The van der Waals surface area contributed by atoms with Crippen molar-refractivity contribution < 1.29 is 14.2 Å². The molecule has 1 saturated heterocycles. The maximum atomic E-state index is 12.6. The summed E-state index contributed by atoms with van der Waals surface area (Å²) in [5, 5.41) is 14.7. The van der Waals surface area contributed by atoms with Gasteiger partial charge in [-0.3, -0.25) is 14.9 Å². The number of hydrogen-bond donors (Lipinski definition) is 0.